The minimum atomic E-state index is 0.804. The van der Waals surface area contributed by atoms with Gasteiger partial charge < -0.3 is 10.6 Å². The molecule has 1 heterocycles. The zero-order chi connectivity index (χ0) is 11.5. The molecule has 0 aliphatic heterocycles. The smallest absolute Gasteiger partial charge is 0.0653 e. The molecule has 1 fully saturated rings. The van der Waals surface area contributed by atoms with Crippen LogP contribution in [0.15, 0.2) is 24.4 Å². The Labute approximate surface area is 101 Å². The minimum absolute atomic E-state index is 0.804. The highest BCUT2D eigenvalue weighted by molar-refractivity contribution is 5.78. The van der Waals surface area contributed by atoms with E-state index in [9.17, 15) is 0 Å². The van der Waals surface area contributed by atoms with Crippen molar-refractivity contribution >= 4 is 10.9 Å². The second-order valence-electron chi connectivity index (χ2n) is 4.70. The summed E-state index contributed by atoms with van der Waals surface area (Å²) in [4.78, 5) is 0. The zero-order valence-electron chi connectivity index (χ0n) is 9.87. The van der Waals surface area contributed by atoms with Gasteiger partial charge in [0.05, 0.1) is 11.7 Å². The van der Waals surface area contributed by atoms with Crippen molar-refractivity contribution in [3.8, 4) is 0 Å². The molecule has 0 atom stereocenters. The number of fused-ring (bicyclic) bond motifs is 1. The van der Waals surface area contributed by atoms with Crippen LogP contribution in [-0.2, 0) is 6.54 Å². The molecule has 3 rings (SSSR count). The van der Waals surface area contributed by atoms with Crippen molar-refractivity contribution in [2.24, 2.45) is 0 Å². The molecule has 4 nitrogen and oxygen atoms in total. The van der Waals surface area contributed by atoms with E-state index < -0.39 is 0 Å². The first-order valence-electron chi connectivity index (χ1n) is 6.28. The summed E-state index contributed by atoms with van der Waals surface area (Å²) in [6, 6.07) is 7.22. The summed E-state index contributed by atoms with van der Waals surface area (Å²) in [5.74, 6) is 0. The predicted molar refractivity (Wildman–Crippen MR) is 68.8 cm³/mol. The second-order valence-corrected chi connectivity index (χ2v) is 4.70. The highest BCUT2D eigenvalue weighted by Gasteiger charge is 2.19. The molecular formula is C13H18N4. The van der Waals surface area contributed by atoms with E-state index in [-0.39, 0.29) is 0 Å². The van der Waals surface area contributed by atoms with Gasteiger partial charge in [0.15, 0.2) is 0 Å². The molecule has 0 spiro atoms. The Morgan fingerprint density at radius 2 is 2.24 bits per heavy atom. The number of benzene rings is 1. The summed E-state index contributed by atoms with van der Waals surface area (Å²) in [6.07, 6.45) is 4.57. The molecule has 17 heavy (non-hydrogen) atoms. The van der Waals surface area contributed by atoms with Crippen LogP contribution in [0.3, 0.4) is 0 Å². The van der Waals surface area contributed by atoms with E-state index in [0.29, 0.717) is 0 Å². The van der Waals surface area contributed by atoms with Crippen LogP contribution >= 0.6 is 0 Å². The molecule has 0 saturated heterocycles. The quantitative estimate of drug-likeness (QED) is 0.658. The van der Waals surface area contributed by atoms with Crippen molar-refractivity contribution in [2.45, 2.75) is 25.4 Å². The van der Waals surface area contributed by atoms with Gasteiger partial charge >= 0.3 is 0 Å². The third-order valence-corrected chi connectivity index (χ3v) is 3.15. The third kappa shape index (κ3) is 2.84. The fraction of sp³-hybridized carbons (Fsp3) is 0.462. The minimum Gasteiger partial charge on any atom is -0.313 e. The fourth-order valence-electron chi connectivity index (χ4n) is 1.98. The maximum atomic E-state index is 4.02. The van der Waals surface area contributed by atoms with Crippen LogP contribution < -0.4 is 10.6 Å². The van der Waals surface area contributed by atoms with E-state index in [4.69, 9.17) is 0 Å². The molecule has 0 amide bonds. The van der Waals surface area contributed by atoms with Crippen LogP contribution in [0.25, 0.3) is 10.9 Å². The number of H-pyrrole nitrogens is 1. The van der Waals surface area contributed by atoms with Gasteiger partial charge in [0.2, 0.25) is 0 Å². The van der Waals surface area contributed by atoms with E-state index in [2.05, 4.69) is 39.0 Å². The van der Waals surface area contributed by atoms with Gasteiger partial charge in [-0.2, -0.15) is 5.10 Å². The highest BCUT2D eigenvalue weighted by atomic mass is 15.1. The van der Waals surface area contributed by atoms with Crippen molar-refractivity contribution in [3.63, 3.8) is 0 Å². The number of hydrogen-bond donors (Lipinski definition) is 3. The molecule has 0 radical (unpaired) electrons. The molecule has 1 aromatic carbocycles. The van der Waals surface area contributed by atoms with E-state index in [1.54, 1.807) is 0 Å². The Kier molecular flexibility index (Phi) is 3.07. The van der Waals surface area contributed by atoms with Gasteiger partial charge in [0.1, 0.15) is 0 Å². The molecule has 1 aromatic heterocycles. The molecule has 0 bridgehead atoms. The maximum Gasteiger partial charge on any atom is 0.0653 e. The number of aromatic nitrogens is 2. The average Bonchev–Trinajstić information content (AvgIpc) is 3.05. The van der Waals surface area contributed by atoms with Crippen LogP contribution in [-0.4, -0.2) is 29.3 Å². The normalized spacial score (nSPS) is 15.5. The van der Waals surface area contributed by atoms with Gasteiger partial charge in [0.25, 0.3) is 0 Å². The lowest BCUT2D eigenvalue weighted by Gasteiger charge is -2.05. The summed E-state index contributed by atoms with van der Waals surface area (Å²) < 4.78 is 0. The number of aromatic amines is 1. The van der Waals surface area contributed by atoms with Gasteiger partial charge in [-0.05, 0) is 24.5 Å². The van der Waals surface area contributed by atoms with Gasteiger partial charge in [0, 0.05) is 31.1 Å². The first-order valence-corrected chi connectivity index (χ1v) is 6.28. The molecule has 1 aliphatic rings. The van der Waals surface area contributed by atoms with Crippen molar-refractivity contribution in [1.82, 2.24) is 20.8 Å². The lowest BCUT2D eigenvalue weighted by Crippen LogP contribution is -2.28. The first-order chi connectivity index (χ1) is 8.42. The van der Waals surface area contributed by atoms with Crippen LogP contribution in [0.1, 0.15) is 18.4 Å². The van der Waals surface area contributed by atoms with Crippen molar-refractivity contribution in [3.05, 3.63) is 30.0 Å². The molecule has 1 saturated carbocycles. The van der Waals surface area contributed by atoms with Gasteiger partial charge in [-0.3, -0.25) is 5.10 Å². The predicted octanol–water partition coefficient (Wildman–Crippen LogP) is 1.40. The number of rotatable bonds is 6. The Morgan fingerprint density at radius 1 is 1.29 bits per heavy atom. The molecular weight excluding hydrogens is 212 g/mol. The summed E-state index contributed by atoms with van der Waals surface area (Å²) in [5, 5.41) is 15.1. The van der Waals surface area contributed by atoms with Crippen LogP contribution in [0.5, 0.6) is 0 Å². The Morgan fingerprint density at radius 3 is 3.12 bits per heavy atom. The number of hydrogen-bond acceptors (Lipinski definition) is 3. The summed E-state index contributed by atoms with van der Waals surface area (Å²) in [6.45, 7) is 3.01. The van der Waals surface area contributed by atoms with E-state index in [1.165, 1.54) is 23.8 Å². The average molecular weight is 230 g/mol. The topological polar surface area (TPSA) is 52.7 Å². The highest BCUT2D eigenvalue weighted by Crippen LogP contribution is 2.17. The van der Waals surface area contributed by atoms with E-state index >= 15 is 0 Å². The van der Waals surface area contributed by atoms with Crippen molar-refractivity contribution in [2.75, 3.05) is 13.1 Å². The van der Waals surface area contributed by atoms with Crippen molar-refractivity contribution < 1.29 is 0 Å². The molecule has 90 valence electrons. The molecule has 0 unspecified atom stereocenters. The fourth-order valence-corrected chi connectivity index (χ4v) is 1.98. The Hall–Kier alpha value is -1.39. The first kappa shape index (κ1) is 10.7. The van der Waals surface area contributed by atoms with Crippen LogP contribution in [0.4, 0.5) is 0 Å². The van der Waals surface area contributed by atoms with Crippen molar-refractivity contribution in [1.29, 1.82) is 0 Å². The lowest BCUT2D eigenvalue weighted by molar-refractivity contribution is 0.609. The van der Waals surface area contributed by atoms with E-state index in [0.717, 1.165) is 31.2 Å². The van der Waals surface area contributed by atoms with Gasteiger partial charge in [-0.25, -0.2) is 0 Å². The Bertz CT molecular complexity index is 487. The third-order valence-electron chi connectivity index (χ3n) is 3.15. The summed E-state index contributed by atoms with van der Waals surface area (Å²) in [5.41, 5.74) is 2.41. The molecule has 3 N–H and O–H groups in total. The maximum absolute atomic E-state index is 4.02. The van der Waals surface area contributed by atoms with Crippen LogP contribution in [0, 0.1) is 0 Å². The van der Waals surface area contributed by atoms with Gasteiger partial charge in [-0.1, -0.05) is 12.1 Å². The van der Waals surface area contributed by atoms with Gasteiger partial charge in [-0.15, -0.1) is 0 Å². The monoisotopic (exact) mass is 230 g/mol. The molecule has 1 aliphatic carbocycles. The molecule has 2 aromatic rings. The SMILES string of the molecule is c1cc2cn[nH]c2cc1CNCCNC1CC1. The van der Waals surface area contributed by atoms with E-state index in [1.807, 2.05) is 6.20 Å². The largest absolute Gasteiger partial charge is 0.313 e. The molecule has 4 heteroatoms. The number of nitrogens with one attached hydrogen (secondary N) is 3. The van der Waals surface area contributed by atoms with Crippen LogP contribution in [0.2, 0.25) is 0 Å². The summed E-state index contributed by atoms with van der Waals surface area (Å²) in [7, 11) is 0. The zero-order valence-corrected chi connectivity index (χ0v) is 9.87. The Balaban J connectivity index is 1.46. The summed E-state index contributed by atoms with van der Waals surface area (Å²) >= 11 is 0. The standard InChI is InChI=1S/C13H18N4/c1-2-11-9-16-17-13(11)7-10(1)8-14-5-6-15-12-3-4-12/h1-2,7,9,12,14-15H,3-6,8H2,(H,16,17). The number of nitrogens with zero attached hydrogens (tertiary/aromatic N) is 1. The lowest BCUT2D eigenvalue weighted by atomic mass is 10.2. The second kappa shape index (κ2) is 4.85.